The molecule has 0 saturated carbocycles. The van der Waals surface area contributed by atoms with Gasteiger partial charge in [0.15, 0.2) is 0 Å². The molecule has 0 unspecified atom stereocenters. The first-order valence-corrected chi connectivity index (χ1v) is 7.00. The third-order valence-electron chi connectivity index (χ3n) is 2.99. The lowest BCUT2D eigenvalue weighted by atomic mass is 10.2. The van der Waals surface area contributed by atoms with Crippen molar-refractivity contribution in [3.63, 3.8) is 0 Å². The molecule has 6 heteroatoms. The van der Waals surface area contributed by atoms with Crippen LogP contribution in [0, 0.1) is 0 Å². The minimum absolute atomic E-state index is 0.0778. The van der Waals surface area contributed by atoms with Gasteiger partial charge in [-0.1, -0.05) is 29.8 Å². The standard InChI is InChI=1S/C16H15ClN2O3/c1-10(15(21)19-12-5-3-2-4-6-12)18-16(22)11-7-8-14(20)13(17)9-11/h2-10,20H,1H3,(H,18,22)(H,19,21)/t10-/m0/s1. The lowest BCUT2D eigenvalue weighted by Crippen LogP contribution is -2.41. The average molecular weight is 319 g/mol. The molecule has 1 atom stereocenters. The Labute approximate surface area is 132 Å². The zero-order valence-corrected chi connectivity index (χ0v) is 12.6. The number of anilines is 1. The fourth-order valence-electron chi connectivity index (χ4n) is 1.77. The first-order valence-electron chi connectivity index (χ1n) is 6.62. The molecule has 0 heterocycles. The molecule has 5 nitrogen and oxygen atoms in total. The van der Waals surface area contributed by atoms with Gasteiger partial charge in [0.1, 0.15) is 11.8 Å². The van der Waals surface area contributed by atoms with Crippen molar-refractivity contribution in [2.45, 2.75) is 13.0 Å². The number of carbonyl (C=O) groups excluding carboxylic acids is 2. The zero-order valence-electron chi connectivity index (χ0n) is 11.8. The summed E-state index contributed by atoms with van der Waals surface area (Å²) in [5.41, 5.74) is 0.920. The van der Waals surface area contributed by atoms with E-state index < -0.39 is 11.9 Å². The van der Waals surface area contributed by atoms with Crippen LogP contribution in [0.15, 0.2) is 48.5 Å². The number of benzene rings is 2. The Balaban J connectivity index is 1.98. The van der Waals surface area contributed by atoms with E-state index in [0.717, 1.165) is 0 Å². The highest BCUT2D eigenvalue weighted by Crippen LogP contribution is 2.23. The van der Waals surface area contributed by atoms with E-state index in [1.54, 1.807) is 31.2 Å². The number of hydrogen-bond donors (Lipinski definition) is 3. The molecule has 2 rings (SSSR count). The van der Waals surface area contributed by atoms with Gasteiger partial charge >= 0.3 is 0 Å². The molecule has 0 aliphatic carbocycles. The van der Waals surface area contributed by atoms with Crippen LogP contribution < -0.4 is 10.6 Å². The van der Waals surface area contributed by atoms with E-state index in [2.05, 4.69) is 10.6 Å². The number of rotatable bonds is 4. The number of phenolic OH excluding ortho intramolecular Hbond substituents is 1. The predicted octanol–water partition coefficient (Wildman–Crippen LogP) is 2.80. The van der Waals surface area contributed by atoms with E-state index in [0.29, 0.717) is 5.69 Å². The van der Waals surface area contributed by atoms with Gasteiger partial charge in [-0.15, -0.1) is 0 Å². The third kappa shape index (κ3) is 3.99. The Hall–Kier alpha value is -2.53. The van der Waals surface area contributed by atoms with Crippen LogP contribution in [-0.2, 0) is 4.79 Å². The van der Waals surface area contributed by atoms with Crippen LogP contribution in [0.1, 0.15) is 17.3 Å². The van der Waals surface area contributed by atoms with Crippen LogP contribution in [-0.4, -0.2) is 23.0 Å². The summed E-state index contributed by atoms with van der Waals surface area (Å²) in [6, 6.07) is 12.3. The van der Waals surface area contributed by atoms with Gasteiger partial charge in [-0.3, -0.25) is 9.59 Å². The maximum absolute atomic E-state index is 12.0. The molecule has 114 valence electrons. The van der Waals surface area contributed by atoms with Crippen molar-refractivity contribution >= 4 is 29.1 Å². The highest BCUT2D eigenvalue weighted by Gasteiger charge is 2.17. The molecule has 2 aromatic rings. The third-order valence-corrected chi connectivity index (χ3v) is 3.29. The number of amides is 2. The lowest BCUT2D eigenvalue weighted by molar-refractivity contribution is -0.117. The van der Waals surface area contributed by atoms with Gasteiger partial charge < -0.3 is 15.7 Å². The first kappa shape index (κ1) is 15.9. The van der Waals surface area contributed by atoms with Crippen LogP contribution >= 0.6 is 11.6 Å². The number of para-hydroxylation sites is 1. The van der Waals surface area contributed by atoms with E-state index >= 15 is 0 Å². The number of carbonyl (C=O) groups is 2. The number of hydrogen-bond acceptors (Lipinski definition) is 3. The molecule has 0 fully saturated rings. The highest BCUT2D eigenvalue weighted by atomic mass is 35.5. The Morgan fingerprint density at radius 2 is 1.82 bits per heavy atom. The Morgan fingerprint density at radius 3 is 2.45 bits per heavy atom. The summed E-state index contributed by atoms with van der Waals surface area (Å²) in [6.45, 7) is 1.58. The first-order chi connectivity index (χ1) is 10.5. The summed E-state index contributed by atoms with van der Waals surface area (Å²) in [4.78, 5) is 24.1. The Morgan fingerprint density at radius 1 is 1.14 bits per heavy atom. The van der Waals surface area contributed by atoms with E-state index in [1.807, 2.05) is 6.07 Å². The second kappa shape index (κ2) is 6.95. The molecule has 0 aliphatic rings. The molecule has 2 amide bonds. The van der Waals surface area contributed by atoms with Gasteiger partial charge in [-0.05, 0) is 37.3 Å². The zero-order chi connectivity index (χ0) is 16.1. The quantitative estimate of drug-likeness (QED) is 0.811. The molecule has 0 saturated heterocycles. The topological polar surface area (TPSA) is 78.4 Å². The second-order valence-electron chi connectivity index (χ2n) is 4.72. The van der Waals surface area contributed by atoms with Crippen LogP contribution in [0.25, 0.3) is 0 Å². The van der Waals surface area contributed by atoms with E-state index in [-0.39, 0.29) is 22.2 Å². The fraction of sp³-hybridized carbons (Fsp3) is 0.125. The summed E-state index contributed by atoms with van der Waals surface area (Å²) in [6.07, 6.45) is 0. The summed E-state index contributed by atoms with van der Waals surface area (Å²) < 4.78 is 0. The molecular weight excluding hydrogens is 304 g/mol. The molecule has 0 aromatic heterocycles. The van der Waals surface area contributed by atoms with Crippen molar-refractivity contribution in [1.82, 2.24) is 5.32 Å². The van der Waals surface area contributed by atoms with Gasteiger partial charge in [0.2, 0.25) is 5.91 Å². The van der Waals surface area contributed by atoms with Gasteiger partial charge in [-0.25, -0.2) is 0 Å². The average Bonchev–Trinajstić information content (AvgIpc) is 2.50. The predicted molar refractivity (Wildman–Crippen MR) is 85.1 cm³/mol. The van der Waals surface area contributed by atoms with Crippen LogP contribution in [0.2, 0.25) is 5.02 Å². The molecule has 0 spiro atoms. The molecule has 22 heavy (non-hydrogen) atoms. The summed E-state index contributed by atoms with van der Waals surface area (Å²) in [5, 5.41) is 14.7. The Kier molecular flexibility index (Phi) is 5.01. The summed E-state index contributed by atoms with van der Waals surface area (Å²) in [7, 11) is 0. The number of nitrogens with one attached hydrogen (secondary N) is 2. The summed E-state index contributed by atoms with van der Waals surface area (Å²) in [5.74, 6) is -0.880. The summed E-state index contributed by atoms with van der Waals surface area (Å²) >= 11 is 5.76. The molecule has 2 aromatic carbocycles. The largest absolute Gasteiger partial charge is 0.506 e. The normalized spacial score (nSPS) is 11.5. The van der Waals surface area contributed by atoms with E-state index in [9.17, 15) is 14.7 Å². The second-order valence-corrected chi connectivity index (χ2v) is 5.12. The number of phenols is 1. The number of aromatic hydroxyl groups is 1. The smallest absolute Gasteiger partial charge is 0.251 e. The molecule has 3 N–H and O–H groups in total. The lowest BCUT2D eigenvalue weighted by Gasteiger charge is -2.14. The molecule has 0 bridgehead atoms. The van der Waals surface area contributed by atoms with Gasteiger partial charge in [-0.2, -0.15) is 0 Å². The van der Waals surface area contributed by atoms with Gasteiger partial charge in [0.05, 0.1) is 5.02 Å². The minimum atomic E-state index is -0.722. The van der Waals surface area contributed by atoms with Crippen molar-refractivity contribution in [1.29, 1.82) is 0 Å². The van der Waals surface area contributed by atoms with Crippen molar-refractivity contribution in [3.8, 4) is 5.75 Å². The monoisotopic (exact) mass is 318 g/mol. The molecular formula is C16H15ClN2O3. The molecule has 0 aliphatic heterocycles. The van der Waals surface area contributed by atoms with Crippen LogP contribution in [0.3, 0.4) is 0 Å². The van der Waals surface area contributed by atoms with Crippen molar-refractivity contribution in [3.05, 3.63) is 59.1 Å². The highest BCUT2D eigenvalue weighted by molar-refractivity contribution is 6.32. The van der Waals surface area contributed by atoms with Crippen molar-refractivity contribution in [2.24, 2.45) is 0 Å². The van der Waals surface area contributed by atoms with Crippen molar-refractivity contribution in [2.75, 3.05) is 5.32 Å². The SMILES string of the molecule is C[C@H](NC(=O)c1ccc(O)c(Cl)c1)C(=O)Nc1ccccc1. The maximum Gasteiger partial charge on any atom is 0.251 e. The van der Waals surface area contributed by atoms with E-state index in [1.165, 1.54) is 18.2 Å². The Bertz CT molecular complexity index is 689. The maximum atomic E-state index is 12.0. The van der Waals surface area contributed by atoms with E-state index in [4.69, 9.17) is 11.6 Å². The van der Waals surface area contributed by atoms with Gasteiger partial charge in [0, 0.05) is 11.3 Å². The minimum Gasteiger partial charge on any atom is -0.506 e. The van der Waals surface area contributed by atoms with Crippen molar-refractivity contribution < 1.29 is 14.7 Å². The van der Waals surface area contributed by atoms with Gasteiger partial charge in [0.25, 0.3) is 5.91 Å². The van der Waals surface area contributed by atoms with Crippen LogP contribution in [0.5, 0.6) is 5.75 Å². The molecule has 0 radical (unpaired) electrons. The number of halogens is 1. The van der Waals surface area contributed by atoms with Crippen LogP contribution in [0.4, 0.5) is 5.69 Å². The fourth-order valence-corrected chi connectivity index (χ4v) is 1.95.